The van der Waals surface area contributed by atoms with E-state index in [-0.39, 0.29) is 12.1 Å². The van der Waals surface area contributed by atoms with Crippen molar-refractivity contribution >= 4 is 11.8 Å². The normalized spacial score (nSPS) is 20.0. The maximum Gasteiger partial charge on any atom is 0.408 e. The van der Waals surface area contributed by atoms with Gasteiger partial charge in [0.15, 0.2) is 0 Å². The average Bonchev–Trinajstić information content (AvgIpc) is 2.45. The molecule has 2 rings (SSSR count). The first-order valence-electron chi connectivity index (χ1n) is 8.20. The van der Waals surface area contributed by atoms with Crippen LogP contribution in [-0.2, 0) is 9.47 Å². The molecule has 23 heavy (non-hydrogen) atoms. The molecule has 0 radical (unpaired) electrons. The molecule has 5 heteroatoms. The minimum absolute atomic E-state index is 0.0949. The van der Waals surface area contributed by atoms with Crippen molar-refractivity contribution in [2.24, 2.45) is 0 Å². The molecular weight excluding hydrogens is 292 g/mol. The number of benzene rings is 1. The Bertz CT molecular complexity index is 522. The predicted octanol–water partition coefficient (Wildman–Crippen LogP) is 3.50. The molecule has 1 aromatic carbocycles. The summed E-state index contributed by atoms with van der Waals surface area (Å²) >= 11 is 0. The molecule has 128 valence electrons. The molecule has 1 saturated heterocycles. The molecule has 5 nitrogen and oxygen atoms in total. The van der Waals surface area contributed by atoms with E-state index < -0.39 is 11.7 Å². The standard InChI is InChI=1S/C18H28N2O3/c1-13-12-20(10-11-22-13)16-8-6-15(7-9-16)14(2)19-17(21)23-18(3,4)5/h6-9,13-14H,10-12H2,1-5H3,(H,19,21)/t13?,14-/m1/s1. The number of carbonyl (C=O) groups is 1. The summed E-state index contributed by atoms with van der Waals surface area (Å²) in [4.78, 5) is 14.2. The fraction of sp³-hybridized carbons (Fsp3) is 0.611. The zero-order valence-corrected chi connectivity index (χ0v) is 14.8. The first-order valence-corrected chi connectivity index (χ1v) is 8.20. The second kappa shape index (κ2) is 7.21. The van der Waals surface area contributed by atoms with E-state index >= 15 is 0 Å². The highest BCUT2D eigenvalue weighted by atomic mass is 16.6. The molecule has 1 heterocycles. The quantitative estimate of drug-likeness (QED) is 0.926. The van der Waals surface area contributed by atoms with Gasteiger partial charge in [-0.25, -0.2) is 4.79 Å². The molecule has 0 saturated carbocycles. The highest BCUT2D eigenvalue weighted by Crippen LogP contribution is 2.21. The van der Waals surface area contributed by atoms with Crippen LogP contribution in [0.5, 0.6) is 0 Å². The Hall–Kier alpha value is -1.75. The lowest BCUT2D eigenvalue weighted by atomic mass is 10.1. The molecule has 0 bridgehead atoms. The minimum Gasteiger partial charge on any atom is -0.444 e. The van der Waals surface area contributed by atoms with Gasteiger partial charge in [-0.2, -0.15) is 0 Å². The van der Waals surface area contributed by atoms with E-state index in [2.05, 4.69) is 41.4 Å². The zero-order valence-electron chi connectivity index (χ0n) is 14.8. The highest BCUT2D eigenvalue weighted by Gasteiger charge is 2.19. The molecule has 1 unspecified atom stereocenters. The average molecular weight is 320 g/mol. The van der Waals surface area contributed by atoms with E-state index in [0.29, 0.717) is 0 Å². The van der Waals surface area contributed by atoms with Crippen LogP contribution in [0.2, 0.25) is 0 Å². The van der Waals surface area contributed by atoms with Gasteiger partial charge in [0, 0.05) is 18.8 Å². The van der Waals surface area contributed by atoms with Crippen molar-refractivity contribution < 1.29 is 14.3 Å². The van der Waals surface area contributed by atoms with Gasteiger partial charge in [-0.05, 0) is 52.3 Å². The monoisotopic (exact) mass is 320 g/mol. The maximum absolute atomic E-state index is 11.8. The van der Waals surface area contributed by atoms with Gasteiger partial charge in [-0.1, -0.05) is 12.1 Å². The number of hydrogen-bond donors (Lipinski definition) is 1. The molecule has 0 spiro atoms. The molecule has 1 amide bonds. The lowest BCUT2D eigenvalue weighted by molar-refractivity contribution is 0.0506. The van der Waals surface area contributed by atoms with Gasteiger partial charge in [-0.3, -0.25) is 0 Å². The van der Waals surface area contributed by atoms with Crippen molar-refractivity contribution in [3.05, 3.63) is 29.8 Å². The van der Waals surface area contributed by atoms with E-state index in [0.717, 1.165) is 25.3 Å². The third-order valence-corrected chi connectivity index (χ3v) is 3.73. The fourth-order valence-electron chi connectivity index (χ4n) is 2.59. The first-order chi connectivity index (χ1) is 10.7. The molecule has 0 aromatic heterocycles. The van der Waals surface area contributed by atoms with Crippen LogP contribution in [0, 0.1) is 0 Å². The van der Waals surface area contributed by atoms with Crippen molar-refractivity contribution in [2.45, 2.75) is 52.4 Å². The van der Waals surface area contributed by atoms with E-state index in [1.54, 1.807) is 0 Å². The Balaban J connectivity index is 1.94. The van der Waals surface area contributed by atoms with Crippen molar-refractivity contribution in [3.63, 3.8) is 0 Å². The van der Waals surface area contributed by atoms with Crippen LogP contribution >= 0.6 is 0 Å². The summed E-state index contributed by atoms with van der Waals surface area (Å²) in [5, 5.41) is 2.86. The van der Waals surface area contributed by atoms with Crippen LogP contribution in [0.15, 0.2) is 24.3 Å². The van der Waals surface area contributed by atoms with Crippen LogP contribution in [-0.4, -0.2) is 37.5 Å². The van der Waals surface area contributed by atoms with Gasteiger partial charge in [0.25, 0.3) is 0 Å². The molecule has 0 aliphatic carbocycles. The van der Waals surface area contributed by atoms with Gasteiger partial charge in [0.1, 0.15) is 5.60 Å². The number of amides is 1. The van der Waals surface area contributed by atoms with Crippen LogP contribution in [0.1, 0.15) is 46.2 Å². The van der Waals surface area contributed by atoms with Crippen molar-refractivity contribution in [1.82, 2.24) is 5.32 Å². The van der Waals surface area contributed by atoms with Gasteiger partial charge >= 0.3 is 6.09 Å². The molecule has 1 aliphatic heterocycles. The summed E-state index contributed by atoms with van der Waals surface area (Å²) in [6.45, 7) is 12.2. The summed E-state index contributed by atoms with van der Waals surface area (Å²) in [6.07, 6.45) is -0.132. The molecule has 1 aliphatic rings. The number of nitrogens with one attached hydrogen (secondary N) is 1. The minimum atomic E-state index is -0.485. The number of nitrogens with zero attached hydrogens (tertiary/aromatic N) is 1. The number of alkyl carbamates (subject to hydrolysis) is 1. The number of anilines is 1. The lowest BCUT2D eigenvalue weighted by Gasteiger charge is -2.33. The maximum atomic E-state index is 11.8. The van der Waals surface area contributed by atoms with E-state index in [9.17, 15) is 4.79 Å². The Kier molecular flexibility index (Phi) is 5.52. The Morgan fingerprint density at radius 2 is 2.00 bits per heavy atom. The van der Waals surface area contributed by atoms with Crippen LogP contribution in [0.3, 0.4) is 0 Å². The first kappa shape index (κ1) is 17.6. The summed E-state index contributed by atoms with van der Waals surface area (Å²) < 4.78 is 10.9. The van der Waals surface area contributed by atoms with Crippen molar-refractivity contribution in [1.29, 1.82) is 0 Å². The van der Waals surface area contributed by atoms with Gasteiger partial charge < -0.3 is 19.7 Å². The molecular formula is C18H28N2O3. The number of morpholine rings is 1. The van der Waals surface area contributed by atoms with Crippen molar-refractivity contribution in [3.8, 4) is 0 Å². The zero-order chi connectivity index (χ0) is 17.0. The number of carbonyl (C=O) groups excluding carboxylic acids is 1. The SMILES string of the molecule is CC1CN(c2ccc([C@@H](C)NC(=O)OC(C)(C)C)cc2)CCO1. The van der Waals surface area contributed by atoms with E-state index in [4.69, 9.17) is 9.47 Å². The van der Waals surface area contributed by atoms with Crippen LogP contribution in [0.25, 0.3) is 0 Å². The van der Waals surface area contributed by atoms with E-state index in [1.807, 2.05) is 27.7 Å². The molecule has 1 aromatic rings. The van der Waals surface area contributed by atoms with Gasteiger partial charge in [0.05, 0.1) is 18.8 Å². The number of rotatable bonds is 3. The summed E-state index contributed by atoms with van der Waals surface area (Å²) in [5.41, 5.74) is 1.76. The van der Waals surface area contributed by atoms with Crippen molar-refractivity contribution in [2.75, 3.05) is 24.6 Å². The Morgan fingerprint density at radius 3 is 2.57 bits per heavy atom. The summed E-state index contributed by atoms with van der Waals surface area (Å²) in [5.74, 6) is 0. The summed E-state index contributed by atoms with van der Waals surface area (Å²) in [7, 11) is 0. The number of hydrogen-bond acceptors (Lipinski definition) is 4. The fourth-order valence-corrected chi connectivity index (χ4v) is 2.59. The van der Waals surface area contributed by atoms with Gasteiger partial charge in [0.2, 0.25) is 0 Å². The molecule has 1 N–H and O–H groups in total. The van der Waals surface area contributed by atoms with Gasteiger partial charge in [-0.15, -0.1) is 0 Å². The second-order valence-electron chi connectivity index (χ2n) is 7.09. The largest absolute Gasteiger partial charge is 0.444 e. The Labute approximate surface area is 139 Å². The second-order valence-corrected chi connectivity index (χ2v) is 7.09. The topological polar surface area (TPSA) is 50.8 Å². The highest BCUT2D eigenvalue weighted by molar-refractivity contribution is 5.68. The van der Waals surface area contributed by atoms with Crippen LogP contribution in [0.4, 0.5) is 10.5 Å². The van der Waals surface area contributed by atoms with Crippen LogP contribution < -0.4 is 10.2 Å². The molecule has 1 fully saturated rings. The lowest BCUT2D eigenvalue weighted by Crippen LogP contribution is -2.41. The third-order valence-electron chi connectivity index (χ3n) is 3.73. The summed E-state index contributed by atoms with van der Waals surface area (Å²) in [6, 6.07) is 8.21. The smallest absolute Gasteiger partial charge is 0.408 e. The number of ether oxygens (including phenoxy) is 2. The third kappa shape index (κ3) is 5.43. The van der Waals surface area contributed by atoms with E-state index in [1.165, 1.54) is 5.69 Å². The molecule has 2 atom stereocenters. The predicted molar refractivity (Wildman–Crippen MR) is 91.9 cm³/mol. The Morgan fingerprint density at radius 1 is 1.35 bits per heavy atom.